The second kappa shape index (κ2) is 12.6. The van der Waals surface area contributed by atoms with E-state index in [2.05, 4.69) is 10.2 Å². The van der Waals surface area contributed by atoms with Gasteiger partial charge in [-0.15, -0.1) is 5.10 Å². The Hall–Kier alpha value is -4.77. The molecule has 1 aromatic heterocycles. The van der Waals surface area contributed by atoms with E-state index in [9.17, 15) is 35.5 Å². The first-order chi connectivity index (χ1) is 20.3. The maximum Gasteiger partial charge on any atom is 0.294 e. The van der Waals surface area contributed by atoms with Crippen LogP contribution in [0.1, 0.15) is 19.4 Å². The van der Waals surface area contributed by atoms with E-state index < -0.39 is 31.7 Å². The van der Waals surface area contributed by atoms with Crippen molar-refractivity contribution in [2.75, 3.05) is 18.2 Å². The first kappa shape index (κ1) is 31.2. The van der Waals surface area contributed by atoms with Crippen molar-refractivity contribution in [1.82, 2.24) is 9.78 Å². The van der Waals surface area contributed by atoms with Crippen molar-refractivity contribution in [3.63, 3.8) is 0 Å². The second-order valence-electron chi connectivity index (χ2n) is 8.65. The highest BCUT2D eigenvalue weighted by molar-refractivity contribution is 7.86. The third kappa shape index (κ3) is 7.00. The van der Waals surface area contributed by atoms with Crippen LogP contribution in [0.25, 0.3) is 11.8 Å². The minimum atomic E-state index is -4.40. The zero-order valence-corrected chi connectivity index (χ0v) is 24.4. The highest BCUT2D eigenvalue weighted by Gasteiger charge is 2.32. The van der Waals surface area contributed by atoms with Gasteiger partial charge in [-0.25, -0.2) is 4.68 Å². The number of aromatic amines is 1. The Bertz CT molecular complexity index is 1920. The molecule has 4 rings (SSSR count). The number of carbonyl (C=O) groups excluding carboxylic acids is 1. The molecule has 0 fully saturated rings. The Balaban J connectivity index is 1.56. The van der Waals surface area contributed by atoms with Crippen molar-refractivity contribution in [1.29, 1.82) is 0 Å². The lowest BCUT2D eigenvalue weighted by molar-refractivity contribution is -0.114. The number of amides is 1. The number of benzene rings is 2. The van der Waals surface area contributed by atoms with Gasteiger partial charge in [0.25, 0.3) is 31.7 Å². The van der Waals surface area contributed by atoms with E-state index in [0.717, 1.165) is 34.0 Å². The lowest BCUT2D eigenvalue weighted by atomic mass is 10.2. The fourth-order valence-corrected chi connectivity index (χ4v) is 4.82. The third-order valence-electron chi connectivity index (χ3n) is 5.83. The molecule has 0 aliphatic carbocycles. The predicted octanol–water partition coefficient (Wildman–Crippen LogP) is 2.95. The molecule has 0 saturated heterocycles. The molecule has 0 saturated carbocycles. The molecule has 1 aliphatic rings. The standard InChI is InChI=1S/C27H26N4O10S2/c1-3-40-24-22(26(32)30(28-24)18-10-14-20(15-11-18)42(34,35)36)8-6-5-7-9-23-25(41-4-2)29-31(27(23)33)19-12-16-21(17-13-19)43(37,38)39/h5-17,28H,3-4H2,1-2H3,(H,34,35,36)(H,37,38,39)/b7-5+,8-6+,23-9+. The van der Waals surface area contributed by atoms with Gasteiger partial charge in [-0.05, 0) is 74.5 Å². The number of allylic oxidation sites excluding steroid dienone is 4. The molecule has 1 aliphatic heterocycles. The number of anilines is 1. The number of rotatable bonds is 10. The molecule has 1 amide bonds. The first-order valence-corrected chi connectivity index (χ1v) is 15.5. The zero-order chi connectivity index (χ0) is 31.4. The number of nitrogens with zero attached hydrogens (tertiary/aromatic N) is 3. The summed E-state index contributed by atoms with van der Waals surface area (Å²) in [5.74, 6) is -0.322. The molecule has 3 N–H and O–H groups in total. The number of hydrogen-bond donors (Lipinski definition) is 3. The van der Waals surface area contributed by atoms with E-state index in [1.807, 2.05) is 0 Å². The second-order valence-corrected chi connectivity index (χ2v) is 11.5. The van der Waals surface area contributed by atoms with Crippen LogP contribution >= 0.6 is 0 Å². The third-order valence-corrected chi connectivity index (χ3v) is 7.56. The number of nitrogens with one attached hydrogen (secondary N) is 1. The van der Waals surface area contributed by atoms with Crippen LogP contribution in [0.15, 0.2) is 98.1 Å². The van der Waals surface area contributed by atoms with Crippen LogP contribution in [-0.4, -0.2) is 60.7 Å². The van der Waals surface area contributed by atoms with E-state index in [1.165, 1.54) is 42.5 Å². The summed E-state index contributed by atoms with van der Waals surface area (Å²) in [7, 11) is -8.80. The monoisotopic (exact) mass is 630 g/mol. The Labute approximate surface area is 246 Å². The fourth-order valence-electron chi connectivity index (χ4n) is 3.86. The van der Waals surface area contributed by atoms with Crippen molar-refractivity contribution in [3.05, 3.63) is 94.3 Å². The topological polar surface area (TPSA) is 198 Å². The van der Waals surface area contributed by atoms with E-state index in [0.29, 0.717) is 5.69 Å². The molecule has 0 spiro atoms. The number of hydrazone groups is 1. The summed E-state index contributed by atoms with van der Waals surface area (Å²) in [6.45, 7) is 3.93. The number of carbonyl (C=O) groups is 1. The van der Waals surface area contributed by atoms with Gasteiger partial charge < -0.3 is 9.47 Å². The molecule has 14 nitrogen and oxygen atoms in total. The number of hydrogen-bond acceptors (Lipinski definition) is 9. The number of aromatic nitrogens is 2. The Morgan fingerprint density at radius 3 is 1.91 bits per heavy atom. The summed E-state index contributed by atoms with van der Waals surface area (Å²) in [4.78, 5) is 25.5. The SMILES string of the molecule is CCOC1=NN(c2ccc(S(=O)(=O)O)cc2)C(=O)/C1=C/C=C/C=C/c1c(OCC)[nH]n(-c2ccc(S(=O)(=O)O)cc2)c1=O. The normalized spacial score (nSPS) is 15.2. The summed E-state index contributed by atoms with van der Waals surface area (Å²) in [6.07, 6.45) is 7.57. The van der Waals surface area contributed by atoms with Gasteiger partial charge in [0.2, 0.25) is 11.8 Å². The number of H-pyrrole nitrogens is 1. The van der Waals surface area contributed by atoms with Crippen molar-refractivity contribution >= 4 is 43.8 Å². The molecule has 0 unspecified atom stereocenters. The molecule has 2 heterocycles. The largest absolute Gasteiger partial charge is 0.478 e. The van der Waals surface area contributed by atoms with E-state index in [-0.39, 0.29) is 51.6 Å². The predicted molar refractivity (Wildman–Crippen MR) is 156 cm³/mol. The molecular formula is C27H26N4O10S2. The van der Waals surface area contributed by atoms with Crippen LogP contribution in [0.3, 0.4) is 0 Å². The molecule has 0 radical (unpaired) electrons. The van der Waals surface area contributed by atoms with Crippen LogP contribution in [0.2, 0.25) is 0 Å². The summed E-state index contributed by atoms with van der Waals surface area (Å²) < 4.78 is 75.8. The summed E-state index contributed by atoms with van der Waals surface area (Å²) >= 11 is 0. The Morgan fingerprint density at radius 2 is 1.37 bits per heavy atom. The smallest absolute Gasteiger partial charge is 0.294 e. The minimum absolute atomic E-state index is 0.0483. The molecule has 3 aromatic rings. The molecule has 43 heavy (non-hydrogen) atoms. The van der Waals surface area contributed by atoms with Gasteiger partial charge in [0.05, 0.1) is 34.4 Å². The molecule has 0 bridgehead atoms. The average Bonchev–Trinajstić information content (AvgIpc) is 3.43. The van der Waals surface area contributed by atoms with Crippen molar-refractivity contribution < 1.29 is 40.2 Å². The van der Waals surface area contributed by atoms with E-state index in [1.54, 1.807) is 26.0 Å². The maximum atomic E-state index is 13.1. The first-order valence-electron chi connectivity index (χ1n) is 12.6. The van der Waals surface area contributed by atoms with Crippen molar-refractivity contribution in [3.8, 4) is 11.6 Å². The van der Waals surface area contributed by atoms with Gasteiger partial charge in [-0.1, -0.05) is 18.2 Å². The van der Waals surface area contributed by atoms with Gasteiger partial charge in [-0.3, -0.25) is 23.8 Å². The summed E-state index contributed by atoms with van der Waals surface area (Å²) in [5, 5.41) is 8.03. The summed E-state index contributed by atoms with van der Waals surface area (Å²) in [5.41, 5.74) is 0.363. The van der Waals surface area contributed by atoms with Gasteiger partial charge in [0.15, 0.2) is 0 Å². The van der Waals surface area contributed by atoms with Gasteiger partial charge in [-0.2, -0.15) is 21.8 Å². The van der Waals surface area contributed by atoms with Crippen LogP contribution < -0.4 is 15.3 Å². The lowest BCUT2D eigenvalue weighted by Gasteiger charge is -2.11. The van der Waals surface area contributed by atoms with Crippen molar-refractivity contribution in [2.24, 2.45) is 5.10 Å². The van der Waals surface area contributed by atoms with Crippen LogP contribution in [0.4, 0.5) is 5.69 Å². The fraction of sp³-hybridized carbons (Fsp3) is 0.148. The number of ether oxygens (including phenoxy) is 2. The van der Waals surface area contributed by atoms with Crippen LogP contribution in [-0.2, 0) is 29.8 Å². The zero-order valence-electron chi connectivity index (χ0n) is 22.7. The van der Waals surface area contributed by atoms with E-state index in [4.69, 9.17) is 9.47 Å². The molecule has 2 aromatic carbocycles. The van der Waals surface area contributed by atoms with Gasteiger partial charge in [0, 0.05) is 0 Å². The highest BCUT2D eigenvalue weighted by atomic mass is 32.2. The Morgan fingerprint density at radius 1 is 0.814 bits per heavy atom. The minimum Gasteiger partial charge on any atom is -0.478 e. The molecule has 16 heteroatoms. The van der Waals surface area contributed by atoms with Gasteiger partial charge >= 0.3 is 0 Å². The average molecular weight is 631 g/mol. The maximum absolute atomic E-state index is 13.1. The van der Waals surface area contributed by atoms with E-state index >= 15 is 0 Å². The lowest BCUT2D eigenvalue weighted by Crippen LogP contribution is -2.21. The molecular weight excluding hydrogens is 604 g/mol. The van der Waals surface area contributed by atoms with Crippen LogP contribution in [0, 0.1) is 0 Å². The highest BCUT2D eigenvalue weighted by Crippen LogP contribution is 2.25. The van der Waals surface area contributed by atoms with Gasteiger partial charge in [0.1, 0.15) is 11.1 Å². The van der Waals surface area contributed by atoms with Crippen molar-refractivity contribution in [2.45, 2.75) is 23.6 Å². The van der Waals surface area contributed by atoms with Crippen LogP contribution in [0.5, 0.6) is 5.88 Å². The molecule has 0 atom stereocenters. The quantitative estimate of drug-likeness (QED) is 0.170. The Kier molecular flexibility index (Phi) is 9.15. The summed E-state index contributed by atoms with van der Waals surface area (Å²) in [6, 6.07) is 9.92. The molecule has 226 valence electrons.